The van der Waals surface area contributed by atoms with Gasteiger partial charge in [-0.3, -0.25) is 4.98 Å². The van der Waals surface area contributed by atoms with Crippen LogP contribution in [0.15, 0.2) is 42.9 Å². The van der Waals surface area contributed by atoms with Gasteiger partial charge in [0.2, 0.25) is 5.95 Å². The molecule has 0 aliphatic carbocycles. The van der Waals surface area contributed by atoms with E-state index in [4.69, 9.17) is 4.74 Å². The van der Waals surface area contributed by atoms with E-state index >= 15 is 0 Å². The summed E-state index contributed by atoms with van der Waals surface area (Å²) in [7, 11) is 0. The van der Waals surface area contributed by atoms with E-state index in [0.29, 0.717) is 28.7 Å². The average molecular weight is 496 g/mol. The van der Waals surface area contributed by atoms with Gasteiger partial charge < -0.3 is 14.8 Å². The normalized spacial score (nSPS) is 14.9. The molecule has 3 aromatic rings. The maximum Gasteiger partial charge on any atom is 0.225 e. The molecule has 0 atom stereocenters. The molecule has 1 aliphatic heterocycles. The predicted molar refractivity (Wildman–Crippen MR) is 135 cm³/mol. The van der Waals surface area contributed by atoms with E-state index in [9.17, 15) is 14.0 Å². The van der Waals surface area contributed by atoms with Gasteiger partial charge in [-0.15, -0.1) is 0 Å². The number of piperidine rings is 1. The summed E-state index contributed by atoms with van der Waals surface area (Å²) in [4.78, 5) is 15.5. The minimum Gasteiger partial charge on any atom is -0.624 e. The molecule has 1 fully saturated rings. The molecular formula is C27H31F2N5O2. The Hall–Kier alpha value is -3.62. The van der Waals surface area contributed by atoms with E-state index in [1.54, 1.807) is 32.2 Å². The van der Waals surface area contributed by atoms with E-state index in [0.717, 1.165) is 50.1 Å². The zero-order chi connectivity index (χ0) is 25.7. The van der Waals surface area contributed by atoms with Crippen molar-refractivity contribution in [3.05, 3.63) is 70.8 Å². The van der Waals surface area contributed by atoms with E-state index < -0.39 is 17.7 Å². The van der Waals surface area contributed by atoms with E-state index in [-0.39, 0.29) is 11.1 Å². The number of halogens is 2. The number of hydroxylamine groups is 1. The van der Waals surface area contributed by atoms with Crippen molar-refractivity contribution in [1.29, 1.82) is 0 Å². The van der Waals surface area contributed by atoms with Crippen LogP contribution in [0.1, 0.15) is 44.7 Å². The molecule has 0 N–H and O–H groups in total. The molecule has 1 saturated heterocycles. The largest absolute Gasteiger partial charge is 0.624 e. The second-order valence-corrected chi connectivity index (χ2v) is 9.30. The van der Waals surface area contributed by atoms with Gasteiger partial charge in [0.25, 0.3) is 0 Å². The molecule has 0 radical (unpaired) electrons. The third kappa shape index (κ3) is 6.13. The highest BCUT2D eigenvalue weighted by Gasteiger charge is 2.22. The van der Waals surface area contributed by atoms with Gasteiger partial charge in [-0.2, -0.15) is 0 Å². The summed E-state index contributed by atoms with van der Waals surface area (Å²) in [5.41, 5.74) is 1.47. The van der Waals surface area contributed by atoms with Gasteiger partial charge in [0.05, 0.1) is 18.5 Å². The number of aryl methyl sites for hydroxylation is 1. The highest BCUT2D eigenvalue weighted by atomic mass is 19.1. The zero-order valence-corrected chi connectivity index (χ0v) is 20.8. The number of benzene rings is 1. The van der Waals surface area contributed by atoms with Crippen molar-refractivity contribution in [2.24, 2.45) is 5.92 Å². The van der Waals surface area contributed by atoms with Crippen LogP contribution in [0.4, 0.5) is 14.7 Å². The molecule has 1 aromatic carbocycles. The molecule has 3 heterocycles. The zero-order valence-electron chi connectivity index (χ0n) is 20.8. The first-order chi connectivity index (χ1) is 17.3. The monoisotopic (exact) mass is 495 g/mol. The summed E-state index contributed by atoms with van der Waals surface area (Å²) in [6, 6.07) is 5.35. The van der Waals surface area contributed by atoms with Crippen LogP contribution in [0.5, 0.6) is 5.75 Å². The third-order valence-corrected chi connectivity index (χ3v) is 6.36. The van der Waals surface area contributed by atoms with Gasteiger partial charge in [-0.05, 0) is 68.9 Å². The van der Waals surface area contributed by atoms with Gasteiger partial charge >= 0.3 is 0 Å². The number of aromatic nitrogens is 3. The fraction of sp³-hybridized carbons (Fsp3) is 0.407. The van der Waals surface area contributed by atoms with Crippen LogP contribution >= 0.6 is 0 Å². The molecule has 4 rings (SSSR count). The molecular weight excluding hydrogens is 464 g/mol. The van der Waals surface area contributed by atoms with Gasteiger partial charge in [0, 0.05) is 31.0 Å². The Kier molecular flexibility index (Phi) is 8.07. The highest BCUT2D eigenvalue weighted by molar-refractivity contribution is 5.78. The maximum absolute atomic E-state index is 14.5. The first-order valence-electron chi connectivity index (χ1n) is 12.3. The lowest BCUT2D eigenvalue weighted by Gasteiger charge is -2.31. The van der Waals surface area contributed by atoms with Gasteiger partial charge in [0.15, 0.2) is 12.3 Å². The van der Waals surface area contributed by atoms with Crippen LogP contribution in [0.3, 0.4) is 0 Å². The van der Waals surface area contributed by atoms with Crippen molar-refractivity contribution in [1.82, 2.24) is 15.0 Å². The second-order valence-electron chi connectivity index (χ2n) is 9.30. The minimum atomic E-state index is -0.813. The van der Waals surface area contributed by atoms with Crippen molar-refractivity contribution in [2.45, 2.75) is 46.1 Å². The third-order valence-electron chi connectivity index (χ3n) is 6.36. The number of ether oxygens (including phenoxy) is 1. The number of pyridine rings is 1. The predicted octanol–water partition coefficient (Wildman–Crippen LogP) is 5.01. The Morgan fingerprint density at radius 3 is 2.31 bits per heavy atom. The lowest BCUT2D eigenvalue weighted by atomic mass is 9.98. The Morgan fingerprint density at radius 1 is 1.08 bits per heavy atom. The van der Waals surface area contributed by atoms with Crippen molar-refractivity contribution < 1.29 is 18.3 Å². The summed E-state index contributed by atoms with van der Waals surface area (Å²) in [5.74, 6) is 0.160. The molecule has 0 saturated carbocycles. The Balaban J connectivity index is 1.32. The van der Waals surface area contributed by atoms with Crippen molar-refractivity contribution >= 4 is 12.2 Å². The molecule has 0 unspecified atom stereocenters. The van der Waals surface area contributed by atoms with E-state index in [2.05, 4.69) is 26.8 Å². The standard InChI is InChI=1S/C27H31F2N5O2/c1-4-19-13-31-27(32-14-19)33-9-7-20(8-10-33)17-36-22-5-6-26(30-15-22)21-11-24(28)23(25(29)12-21)16-34(35)18(2)3/h5-6,11-16,18,20H,4,7-10,17H2,1-3H3/b34-16-. The Labute approximate surface area is 210 Å². The van der Waals surface area contributed by atoms with Crippen LogP contribution in [0, 0.1) is 22.8 Å². The summed E-state index contributed by atoms with van der Waals surface area (Å²) in [6.45, 7) is 7.70. The number of hydrogen-bond acceptors (Lipinski definition) is 6. The van der Waals surface area contributed by atoms with Crippen LogP contribution < -0.4 is 9.64 Å². The maximum atomic E-state index is 14.5. The SMILES string of the molecule is CCc1cnc(N2CCC(COc3ccc(-c4cc(F)c(/C=[N+](\[O-])C(C)C)c(F)c4)nc3)CC2)nc1. The van der Waals surface area contributed by atoms with Gasteiger partial charge in [0.1, 0.15) is 22.9 Å². The summed E-state index contributed by atoms with van der Waals surface area (Å²) < 4.78 is 35.4. The average Bonchev–Trinajstić information content (AvgIpc) is 2.90. The summed E-state index contributed by atoms with van der Waals surface area (Å²) in [6.07, 6.45) is 9.14. The molecule has 7 nitrogen and oxygen atoms in total. The second kappa shape index (κ2) is 11.4. The van der Waals surface area contributed by atoms with E-state index in [1.165, 1.54) is 12.1 Å². The Morgan fingerprint density at radius 2 is 1.75 bits per heavy atom. The first kappa shape index (κ1) is 25.5. The molecule has 36 heavy (non-hydrogen) atoms. The molecule has 0 amide bonds. The van der Waals surface area contributed by atoms with Gasteiger partial charge in [-0.25, -0.2) is 23.5 Å². The van der Waals surface area contributed by atoms with Crippen molar-refractivity contribution in [2.75, 3.05) is 24.6 Å². The number of rotatable bonds is 8. The summed E-state index contributed by atoms with van der Waals surface area (Å²) in [5, 5.41) is 11.8. The van der Waals surface area contributed by atoms with Crippen molar-refractivity contribution in [3.8, 4) is 17.0 Å². The molecule has 190 valence electrons. The topological polar surface area (TPSA) is 77.2 Å². The van der Waals surface area contributed by atoms with Crippen LogP contribution in [0.2, 0.25) is 0 Å². The minimum absolute atomic E-state index is 0.289. The highest BCUT2D eigenvalue weighted by Crippen LogP contribution is 2.25. The number of anilines is 1. The summed E-state index contributed by atoms with van der Waals surface area (Å²) >= 11 is 0. The van der Waals surface area contributed by atoms with E-state index in [1.807, 2.05) is 12.4 Å². The quantitative estimate of drug-likeness (QED) is 0.189. The van der Waals surface area contributed by atoms with Crippen molar-refractivity contribution in [3.63, 3.8) is 0 Å². The molecule has 0 spiro atoms. The smallest absolute Gasteiger partial charge is 0.225 e. The fourth-order valence-electron chi connectivity index (χ4n) is 3.98. The molecule has 0 bridgehead atoms. The number of hydrogen-bond donors (Lipinski definition) is 0. The lowest BCUT2D eigenvalue weighted by molar-refractivity contribution is -0.487. The van der Waals surface area contributed by atoms with Gasteiger partial charge in [-0.1, -0.05) is 6.92 Å². The number of nitrogens with zero attached hydrogens (tertiary/aromatic N) is 5. The van der Waals surface area contributed by atoms with Crippen LogP contribution in [0.25, 0.3) is 11.3 Å². The molecule has 2 aromatic heterocycles. The molecule has 1 aliphatic rings. The Bertz CT molecular complexity index is 1170. The lowest BCUT2D eigenvalue weighted by Crippen LogP contribution is -2.36. The fourth-order valence-corrected chi connectivity index (χ4v) is 3.98. The van der Waals surface area contributed by atoms with Crippen LogP contribution in [-0.2, 0) is 6.42 Å². The first-order valence-corrected chi connectivity index (χ1v) is 12.3. The van der Waals surface area contributed by atoms with Crippen LogP contribution in [-0.4, -0.2) is 51.6 Å². The molecule has 9 heteroatoms.